The lowest BCUT2D eigenvalue weighted by Gasteiger charge is -2.04. The largest absolute Gasteiger partial charge is 0.497 e. The van der Waals surface area contributed by atoms with Gasteiger partial charge in [0.25, 0.3) is 0 Å². The third kappa shape index (κ3) is 3.44. The molecule has 2 aromatic rings. The molecule has 1 aromatic carbocycles. The van der Waals surface area contributed by atoms with Crippen molar-refractivity contribution in [1.82, 2.24) is 9.55 Å². The average molecular weight is 353 g/mol. The minimum atomic E-state index is -0.416. The summed E-state index contributed by atoms with van der Waals surface area (Å²) in [7, 11) is 3.50. The summed E-state index contributed by atoms with van der Waals surface area (Å²) in [4.78, 5) is 16.2. The Morgan fingerprint density at radius 1 is 1.33 bits per heavy atom. The number of carbonyl (C=O) groups is 1. The molecule has 0 unspecified atom stereocenters. The molecule has 1 heterocycles. The zero-order chi connectivity index (χ0) is 15.4. The van der Waals surface area contributed by atoms with Gasteiger partial charge in [0.2, 0.25) is 0 Å². The summed E-state index contributed by atoms with van der Waals surface area (Å²) in [5.41, 5.74) is 1.40. The van der Waals surface area contributed by atoms with Gasteiger partial charge in [-0.3, -0.25) is 0 Å². The maximum Gasteiger partial charge on any atom is 0.359 e. The second-order valence-electron chi connectivity index (χ2n) is 4.47. The third-order valence-electron chi connectivity index (χ3n) is 3.11. The van der Waals surface area contributed by atoms with Crippen LogP contribution in [-0.4, -0.2) is 29.2 Å². The van der Waals surface area contributed by atoms with Crippen LogP contribution in [0.1, 0.15) is 28.8 Å². The van der Waals surface area contributed by atoms with Gasteiger partial charge in [0.05, 0.1) is 13.7 Å². The molecule has 6 heteroatoms. The smallest absolute Gasteiger partial charge is 0.359 e. The van der Waals surface area contributed by atoms with Gasteiger partial charge in [0.1, 0.15) is 16.2 Å². The zero-order valence-electron chi connectivity index (χ0n) is 12.2. The van der Waals surface area contributed by atoms with Crippen LogP contribution in [0.2, 0.25) is 0 Å². The molecule has 0 spiro atoms. The quantitative estimate of drug-likeness (QED) is 0.776. The van der Waals surface area contributed by atoms with Crippen molar-refractivity contribution in [3.8, 4) is 5.75 Å². The molecule has 0 aliphatic heterocycles. The van der Waals surface area contributed by atoms with Gasteiger partial charge in [-0.1, -0.05) is 12.1 Å². The molecule has 112 valence electrons. The number of methoxy groups -OCH3 is 1. The van der Waals surface area contributed by atoms with Gasteiger partial charge in [-0.25, -0.2) is 9.78 Å². The average Bonchev–Trinajstić information content (AvgIpc) is 2.77. The molecule has 0 aliphatic rings. The molecule has 0 fully saturated rings. The van der Waals surface area contributed by atoms with Crippen LogP contribution in [-0.2, 0) is 18.2 Å². The lowest BCUT2D eigenvalue weighted by molar-refractivity contribution is 0.0518. The number of aromatic nitrogens is 2. The molecule has 2 rings (SSSR count). The van der Waals surface area contributed by atoms with Gasteiger partial charge in [-0.2, -0.15) is 0 Å². The van der Waals surface area contributed by atoms with Crippen molar-refractivity contribution in [3.63, 3.8) is 0 Å². The Hall–Kier alpha value is -1.82. The number of halogens is 1. The molecule has 0 saturated carbocycles. The van der Waals surface area contributed by atoms with Crippen LogP contribution in [0.3, 0.4) is 0 Å². The molecule has 0 atom stereocenters. The monoisotopic (exact) mass is 352 g/mol. The highest BCUT2D eigenvalue weighted by molar-refractivity contribution is 9.10. The first-order valence-electron chi connectivity index (χ1n) is 6.58. The Bertz CT molecular complexity index is 635. The molecule has 1 aromatic heterocycles. The third-order valence-corrected chi connectivity index (χ3v) is 4.02. The van der Waals surface area contributed by atoms with Gasteiger partial charge in [0, 0.05) is 13.5 Å². The minimum absolute atomic E-state index is 0.308. The molecule has 0 amide bonds. The first-order valence-corrected chi connectivity index (χ1v) is 7.37. The maximum atomic E-state index is 11.8. The number of rotatable bonds is 5. The number of carbonyl (C=O) groups excluding carboxylic acids is 1. The second kappa shape index (κ2) is 6.76. The molecule has 5 nitrogen and oxygen atoms in total. The molecule has 0 N–H and O–H groups in total. The van der Waals surface area contributed by atoms with E-state index in [9.17, 15) is 4.79 Å². The SMILES string of the molecule is CCOC(=O)c1nc(Cc2ccc(OC)cc2)n(C)c1Br. The predicted molar refractivity (Wildman–Crippen MR) is 82.7 cm³/mol. The molecule has 0 bridgehead atoms. The molecule has 21 heavy (non-hydrogen) atoms. The van der Waals surface area contributed by atoms with E-state index in [1.165, 1.54) is 0 Å². The van der Waals surface area contributed by atoms with Crippen molar-refractivity contribution < 1.29 is 14.3 Å². The van der Waals surface area contributed by atoms with Crippen molar-refractivity contribution >= 4 is 21.9 Å². The molecule has 0 radical (unpaired) electrons. The van der Waals surface area contributed by atoms with Crippen LogP contribution in [0, 0.1) is 0 Å². The summed E-state index contributed by atoms with van der Waals surface area (Å²) >= 11 is 3.39. The highest BCUT2D eigenvalue weighted by atomic mass is 79.9. The van der Waals surface area contributed by atoms with Crippen LogP contribution < -0.4 is 4.74 Å². The first kappa shape index (κ1) is 15.6. The fourth-order valence-corrected chi connectivity index (χ4v) is 2.39. The van der Waals surface area contributed by atoms with Crippen LogP contribution in [0.4, 0.5) is 0 Å². The number of hydrogen-bond donors (Lipinski definition) is 0. The summed E-state index contributed by atoms with van der Waals surface area (Å²) in [5, 5.41) is 0. The predicted octanol–water partition coefficient (Wildman–Crippen LogP) is 2.96. The Labute approximate surface area is 132 Å². The van der Waals surface area contributed by atoms with Crippen molar-refractivity contribution in [2.75, 3.05) is 13.7 Å². The summed E-state index contributed by atoms with van der Waals surface area (Å²) in [6, 6.07) is 7.76. The van der Waals surface area contributed by atoms with Crippen molar-refractivity contribution in [2.24, 2.45) is 7.05 Å². The lowest BCUT2D eigenvalue weighted by atomic mass is 10.1. The van der Waals surface area contributed by atoms with Gasteiger partial charge in [-0.15, -0.1) is 0 Å². The lowest BCUT2D eigenvalue weighted by Crippen LogP contribution is -2.06. The van der Waals surface area contributed by atoms with E-state index in [1.54, 1.807) is 14.0 Å². The van der Waals surface area contributed by atoms with Crippen LogP contribution in [0.15, 0.2) is 28.9 Å². The number of ether oxygens (including phenoxy) is 2. The Morgan fingerprint density at radius 3 is 2.57 bits per heavy atom. The second-order valence-corrected chi connectivity index (χ2v) is 5.22. The normalized spacial score (nSPS) is 10.5. The van der Waals surface area contributed by atoms with E-state index in [0.29, 0.717) is 23.3 Å². The van der Waals surface area contributed by atoms with Gasteiger partial charge in [-0.05, 0) is 40.5 Å². The summed E-state index contributed by atoms with van der Waals surface area (Å²) in [5.74, 6) is 1.18. The summed E-state index contributed by atoms with van der Waals surface area (Å²) < 4.78 is 12.6. The Balaban J connectivity index is 2.23. The van der Waals surface area contributed by atoms with Crippen molar-refractivity contribution in [3.05, 3.63) is 46.0 Å². The van der Waals surface area contributed by atoms with Gasteiger partial charge < -0.3 is 14.0 Å². The number of benzene rings is 1. The van der Waals surface area contributed by atoms with Crippen LogP contribution >= 0.6 is 15.9 Å². The fourth-order valence-electron chi connectivity index (χ4n) is 1.94. The van der Waals surface area contributed by atoms with E-state index >= 15 is 0 Å². The zero-order valence-corrected chi connectivity index (χ0v) is 13.8. The number of esters is 1. The highest BCUT2D eigenvalue weighted by Gasteiger charge is 2.20. The molecule has 0 aliphatic carbocycles. The van der Waals surface area contributed by atoms with Gasteiger partial charge in [0.15, 0.2) is 5.69 Å². The summed E-state index contributed by atoms with van der Waals surface area (Å²) in [6.07, 6.45) is 0.624. The van der Waals surface area contributed by atoms with E-state index in [-0.39, 0.29) is 0 Å². The Kier molecular flexibility index (Phi) is 5.01. The van der Waals surface area contributed by atoms with Crippen molar-refractivity contribution in [1.29, 1.82) is 0 Å². The topological polar surface area (TPSA) is 53.4 Å². The van der Waals surface area contributed by atoms with E-state index in [0.717, 1.165) is 17.1 Å². The Morgan fingerprint density at radius 2 is 2.00 bits per heavy atom. The first-order chi connectivity index (χ1) is 10.1. The number of imidazole rings is 1. The van der Waals surface area contributed by atoms with Crippen LogP contribution in [0.5, 0.6) is 5.75 Å². The highest BCUT2D eigenvalue weighted by Crippen LogP contribution is 2.21. The standard InChI is InChI=1S/C15H17BrN2O3/c1-4-21-15(19)13-14(16)18(2)12(17-13)9-10-5-7-11(20-3)8-6-10/h5-8H,4,9H2,1-3H3. The van der Waals surface area contributed by atoms with Crippen LogP contribution in [0.25, 0.3) is 0 Å². The van der Waals surface area contributed by atoms with Gasteiger partial charge >= 0.3 is 5.97 Å². The van der Waals surface area contributed by atoms with E-state index in [2.05, 4.69) is 20.9 Å². The molecular formula is C15H17BrN2O3. The van der Waals surface area contributed by atoms with Crippen molar-refractivity contribution in [2.45, 2.75) is 13.3 Å². The fraction of sp³-hybridized carbons (Fsp3) is 0.333. The van der Waals surface area contributed by atoms with E-state index in [4.69, 9.17) is 9.47 Å². The van der Waals surface area contributed by atoms with E-state index in [1.807, 2.05) is 35.9 Å². The number of hydrogen-bond acceptors (Lipinski definition) is 4. The number of nitrogens with zero attached hydrogens (tertiary/aromatic N) is 2. The maximum absolute atomic E-state index is 11.8. The molecule has 0 saturated heterocycles. The molecular weight excluding hydrogens is 336 g/mol. The van der Waals surface area contributed by atoms with E-state index < -0.39 is 5.97 Å². The minimum Gasteiger partial charge on any atom is -0.497 e. The summed E-state index contributed by atoms with van der Waals surface area (Å²) in [6.45, 7) is 2.10.